The number of rotatable bonds is 4. The van der Waals surface area contributed by atoms with Crippen LogP contribution in [0.5, 0.6) is 5.75 Å². The quantitative estimate of drug-likeness (QED) is 0.930. The molecule has 0 spiro atoms. The van der Waals surface area contributed by atoms with Crippen LogP contribution in [-0.4, -0.2) is 43.8 Å². The maximum atomic E-state index is 12.5. The number of urea groups is 1. The normalized spacial score (nSPS) is 23.0. The smallest absolute Gasteiger partial charge is 0.318 e. The van der Waals surface area contributed by atoms with Crippen LogP contribution in [0, 0.1) is 5.92 Å². The number of hydrogen-bond donors (Lipinski definition) is 1. The highest BCUT2D eigenvalue weighted by Crippen LogP contribution is 2.41. The zero-order valence-corrected chi connectivity index (χ0v) is 13.2. The summed E-state index contributed by atoms with van der Waals surface area (Å²) in [4.78, 5) is 14.4. The molecule has 2 atom stereocenters. The van der Waals surface area contributed by atoms with Gasteiger partial charge in [-0.25, -0.2) is 4.79 Å². The second-order valence-electron chi connectivity index (χ2n) is 6.17. The Morgan fingerprint density at radius 2 is 2.09 bits per heavy atom. The van der Waals surface area contributed by atoms with E-state index < -0.39 is 0 Å². The van der Waals surface area contributed by atoms with E-state index in [0.29, 0.717) is 25.6 Å². The van der Waals surface area contributed by atoms with Crippen molar-refractivity contribution in [3.63, 3.8) is 0 Å². The molecule has 0 unspecified atom stereocenters. The number of hydrogen-bond acceptors (Lipinski definition) is 3. The molecule has 3 rings (SSSR count). The lowest BCUT2D eigenvalue weighted by Gasteiger charge is -2.32. The van der Waals surface area contributed by atoms with Crippen molar-refractivity contribution in [2.45, 2.75) is 31.9 Å². The van der Waals surface area contributed by atoms with E-state index in [1.54, 1.807) is 7.11 Å². The van der Waals surface area contributed by atoms with Crippen molar-refractivity contribution >= 4 is 6.03 Å². The molecule has 1 saturated carbocycles. The van der Waals surface area contributed by atoms with Gasteiger partial charge in [0.05, 0.1) is 25.9 Å². The van der Waals surface area contributed by atoms with Crippen LogP contribution in [0.25, 0.3) is 0 Å². The highest BCUT2D eigenvalue weighted by atomic mass is 16.5. The molecule has 5 heteroatoms. The summed E-state index contributed by atoms with van der Waals surface area (Å²) in [5, 5.41) is 3.21. The van der Waals surface area contributed by atoms with Gasteiger partial charge in [-0.2, -0.15) is 0 Å². The lowest BCUT2D eigenvalue weighted by molar-refractivity contribution is -0.00398. The average Bonchev–Trinajstić information content (AvgIpc) is 3.37. The molecular weight excluding hydrogens is 280 g/mol. The number of carbonyl (C=O) groups excluding carboxylic acids is 1. The van der Waals surface area contributed by atoms with Gasteiger partial charge in [0.1, 0.15) is 5.75 Å². The van der Waals surface area contributed by atoms with Crippen molar-refractivity contribution in [1.82, 2.24) is 10.2 Å². The van der Waals surface area contributed by atoms with Crippen LogP contribution in [0.15, 0.2) is 24.3 Å². The molecule has 0 radical (unpaired) electrons. The van der Waals surface area contributed by atoms with Crippen molar-refractivity contribution in [2.75, 3.05) is 26.8 Å². The number of carbonyl (C=O) groups is 1. The zero-order valence-electron chi connectivity index (χ0n) is 13.2. The van der Waals surface area contributed by atoms with Crippen molar-refractivity contribution in [3.05, 3.63) is 29.8 Å². The molecule has 5 nitrogen and oxygen atoms in total. The Labute approximate surface area is 131 Å². The molecule has 120 valence electrons. The first-order valence-electron chi connectivity index (χ1n) is 7.98. The van der Waals surface area contributed by atoms with E-state index in [2.05, 4.69) is 5.32 Å². The standard InChI is InChI=1S/C17H24N2O3/c1-12-11-19(9-10-22-12)17(20)18-16(13-3-4-13)14-5-7-15(21-2)8-6-14/h5-8,12-13,16H,3-4,9-11H2,1-2H3,(H,18,20)/t12-,16-/m0/s1. The number of benzene rings is 1. The Morgan fingerprint density at radius 3 is 2.68 bits per heavy atom. The van der Waals surface area contributed by atoms with Crippen molar-refractivity contribution < 1.29 is 14.3 Å². The summed E-state index contributed by atoms with van der Waals surface area (Å²) >= 11 is 0. The van der Waals surface area contributed by atoms with E-state index >= 15 is 0 Å². The first-order valence-corrected chi connectivity index (χ1v) is 7.98. The number of nitrogens with one attached hydrogen (secondary N) is 1. The first kappa shape index (κ1) is 15.2. The molecule has 0 aromatic heterocycles. The maximum absolute atomic E-state index is 12.5. The van der Waals surface area contributed by atoms with E-state index in [-0.39, 0.29) is 18.2 Å². The second-order valence-corrected chi connectivity index (χ2v) is 6.17. The number of morpholine rings is 1. The van der Waals surface area contributed by atoms with Crippen LogP contribution in [-0.2, 0) is 4.74 Å². The van der Waals surface area contributed by atoms with Gasteiger partial charge in [0.15, 0.2) is 0 Å². The molecule has 2 amide bonds. The minimum atomic E-state index is 0.0165. The predicted molar refractivity (Wildman–Crippen MR) is 84.0 cm³/mol. The van der Waals surface area contributed by atoms with Gasteiger partial charge in [0, 0.05) is 13.1 Å². The molecule has 1 heterocycles. The first-order chi connectivity index (χ1) is 10.7. The molecule has 1 aliphatic carbocycles. The molecule has 1 N–H and O–H groups in total. The van der Waals surface area contributed by atoms with Crippen LogP contribution in [0.1, 0.15) is 31.4 Å². The summed E-state index contributed by atoms with van der Waals surface area (Å²) < 4.78 is 10.7. The highest BCUT2D eigenvalue weighted by molar-refractivity contribution is 5.75. The molecule has 1 aliphatic heterocycles. The van der Waals surface area contributed by atoms with Crippen molar-refractivity contribution in [2.24, 2.45) is 5.92 Å². The zero-order chi connectivity index (χ0) is 15.5. The van der Waals surface area contributed by atoms with E-state index in [4.69, 9.17) is 9.47 Å². The Bertz CT molecular complexity index is 513. The molecule has 22 heavy (non-hydrogen) atoms. The summed E-state index contributed by atoms with van der Waals surface area (Å²) in [6.07, 6.45) is 2.47. The van der Waals surface area contributed by atoms with E-state index in [0.717, 1.165) is 11.3 Å². The minimum absolute atomic E-state index is 0.0165. The van der Waals surface area contributed by atoms with Gasteiger partial charge >= 0.3 is 6.03 Å². The van der Waals surface area contributed by atoms with Gasteiger partial charge in [-0.3, -0.25) is 0 Å². The summed E-state index contributed by atoms with van der Waals surface area (Å²) in [6.45, 7) is 3.94. The third-order valence-electron chi connectivity index (χ3n) is 4.38. The number of nitrogens with zero attached hydrogens (tertiary/aromatic N) is 1. The molecular formula is C17H24N2O3. The van der Waals surface area contributed by atoms with Crippen LogP contribution < -0.4 is 10.1 Å². The molecule has 2 aliphatic rings. The molecule has 2 fully saturated rings. The second kappa shape index (κ2) is 6.57. The summed E-state index contributed by atoms with van der Waals surface area (Å²) in [7, 11) is 1.66. The van der Waals surface area contributed by atoms with Crippen LogP contribution in [0.4, 0.5) is 4.79 Å². The molecule has 1 aromatic carbocycles. The van der Waals surface area contributed by atoms with Gasteiger partial charge < -0.3 is 19.7 Å². The Morgan fingerprint density at radius 1 is 1.36 bits per heavy atom. The van der Waals surface area contributed by atoms with Gasteiger partial charge in [0.2, 0.25) is 0 Å². The molecule has 0 bridgehead atoms. The fraction of sp³-hybridized carbons (Fsp3) is 0.588. The van der Waals surface area contributed by atoms with E-state index in [1.165, 1.54) is 12.8 Å². The Hall–Kier alpha value is -1.75. The third kappa shape index (κ3) is 3.53. The SMILES string of the molecule is COc1ccc([C@@H](NC(=O)N2CCO[C@@H](C)C2)C2CC2)cc1. The Kier molecular flexibility index (Phi) is 4.52. The van der Waals surface area contributed by atoms with Gasteiger partial charge in [-0.15, -0.1) is 0 Å². The fourth-order valence-electron chi connectivity index (χ4n) is 2.94. The van der Waals surface area contributed by atoms with Crippen LogP contribution in [0.3, 0.4) is 0 Å². The summed E-state index contributed by atoms with van der Waals surface area (Å²) in [5.74, 6) is 1.39. The minimum Gasteiger partial charge on any atom is -0.497 e. The summed E-state index contributed by atoms with van der Waals surface area (Å²) in [5.41, 5.74) is 1.15. The number of ether oxygens (including phenoxy) is 2. The maximum Gasteiger partial charge on any atom is 0.318 e. The van der Waals surface area contributed by atoms with Crippen molar-refractivity contribution in [3.8, 4) is 5.75 Å². The monoisotopic (exact) mass is 304 g/mol. The largest absolute Gasteiger partial charge is 0.497 e. The molecule has 1 aromatic rings. The van der Waals surface area contributed by atoms with Gasteiger partial charge in [-0.05, 0) is 43.4 Å². The fourth-order valence-corrected chi connectivity index (χ4v) is 2.94. The van der Waals surface area contributed by atoms with E-state index in [9.17, 15) is 4.79 Å². The third-order valence-corrected chi connectivity index (χ3v) is 4.38. The lowest BCUT2D eigenvalue weighted by Crippen LogP contribution is -2.49. The topological polar surface area (TPSA) is 50.8 Å². The summed E-state index contributed by atoms with van der Waals surface area (Å²) in [6, 6.07) is 8.11. The Balaban J connectivity index is 1.67. The average molecular weight is 304 g/mol. The lowest BCUT2D eigenvalue weighted by atomic mass is 10.0. The number of methoxy groups -OCH3 is 1. The predicted octanol–water partition coefficient (Wildman–Crippen LogP) is 2.58. The number of amides is 2. The van der Waals surface area contributed by atoms with E-state index in [1.807, 2.05) is 36.1 Å². The highest BCUT2D eigenvalue weighted by Gasteiger charge is 2.34. The van der Waals surface area contributed by atoms with Crippen LogP contribution in [0.2, 0.25) is 0 Å². The van der Waals surface area contributed by atoms with Crippen LogP contribution >= 0.6 is 0 Å². The van der Waals surface area contributed by atoms with Gasteiger partial charge in [-0.1, -0.05) is 12.1 Å². The van der Waals surface area contributed by atoms with Gasteiger partial charge in [0.25, 0.3) is 0 Å². The molecule has 1 saturated heterocycles. The van der Waals surface area contributed by atoms with Crippen molar-refractivity contribution in [1.29, 1.82) is 0 Å².